The molecule has 0 saturated carbocycles. The first-order valence-corrected chi connectivity index (χ1v) is 7.29. The summed E-state index contributed by atoms with van der Waals surface area (Å²) in [4.78, 5) is 4.71. The van der Waals surface area contributed by atoms with Crippen molar-refractivity contribution in [1.82, 2.24) is 4.90 Å². The van der Waals surface area contributed by atoms with Crippen LogP contribution in [0.3, 0.4) is 0 Å². The molecule has 2 rings (SSSR count). The quantitative estimate of drug-likeness (QED) is 0.781. The monoisotopic (exact) mass is 286 g/mol. The minimum absolute atomic E-state index is 0.539. The van der Waals surface area contributed by atoms with Gasteiger partial charge in [-0.05, 0) is 44.6 Å². The Kier molecular flexibility index (Phi) is 4.77. The number of benzene rings is 1. The maximum absolute atomic E-state index is 6.13. The Labute approximate surface area is 119 Å². The van der Waals surface area contributed by atoms with Gasteiger partial charge in [-0.15, -0.1) is 11.6 Å². The minimum atomic E-state index is 0.539. The molecule has 1 unspecified atom stereocenters. The second kappa shape index (κ2) is 6.14. The van der Waals surface area contributed by atoms with Crippen molar-refractivity contribution in [3.8, 4) is 0 Å². The second-order valence-corrected chi connectivity index (χ2v) is 5.86. The molecule has 0 N–H and O–H groups in total. The van der Waals surface area contributed by atoms with Crippen molar-refractivity contribution in [3.05, 3.63) is 28.8 Å². The molecular formula is C14H20Cl2N2. The van der Waals surface area contributed by atoms with Gasteiger partial charge in [-0.3, -0.25) is 0 Å². The van der Waals surface area contributed by atoms with Crippen molar-refractivity contribution < 1.29 is 0 Å². The molecule has 2 nitrogen and oxygen atoms in total. The van der Waals surface area contributed by atoms with Gasteiger partial charge in [-0.1, -0.05) is 17.7 Å². The summed E-state index contributed by atoms with van der Waals surface area (Å²) in [6, 6.07) is 6.57. The lowest BCUT2D eigenvalue weighted by Crippen LogP contribution is -2.38. The highest BCUT2D eigenvalue weighted by Gasteiger charge is 2.26. The summed E-state index contributed by atoms with van der Waals surface area (Å²) >= 11 is 12.2. The largest absolute Gasteiger partial charge is 0.367 e. The molecular weight excluding hydrogens is 267 g/mol. The maximum atomic E-state index is 6.13. The van der Waals surface area contributed by atoms with E-state index >= 15 is 0 Å². The predicted octanol–water partition coefficient (Wildman–Crippen LogP) is 3.61. The number of nitrogens with zero attached hydrogens (tertiary/aromatic N) is 2. The van der Waals surface area contributed by atoms with E-state index in [-0.39, 0.29) is 0 Å². The second-order valence-electron chi connectivity index (χ2n) is 5.16. The van der Waals surface area contributed by atoms with Crippen molar-refractivity contribution in [2.45, 2.75) is 24.8 Å². The molecule has 1 saturated heterocycles. The van der Waals surface area contributed by atoms with Crippen LogP contribution in [0.25, 0.3) is 0 Å². The molecule has 100 valence electrons. The molecule has 0 spiro atoms. The van der Waals surface area contributed by atoms with Crippen molar-refractivity contribution in [2.75, 3.05) is 32.1 Å². The molecule has 0 bridgehead atoms. The Morgan fingerprint density at radius 3 is 2.83 bits per heavy atom. The van der Waals surface area contributed by atoms with Gasteiger partial charge in [0.05, 0.1) is 0 Å². The van der Waals surface area contributed by atoms with Crippen LogP contribution < -0.4 is 4.90 Å². The molecule has 0 aromatic heterocycles. The van der Waals surface area contributed by atoms with E-state index in [4.69, 9.17) is 23.2 Å². The highest BCUT2D eigenvalue weighted by atomic mass is 35.5. The van der Waals surface area contributed by atoms with E-state index in [9.17, 15) is 0 Å². The zero-order valence-corrected chi connectivity index (χ0v) is 12.5. The molecule has 1 aromatic rings. The van der Waals surface area contributed by atoms with Crippen LogP contribution in [0.2, 0.25) is 5.02 Å². The smallest absolute Gasteiger partial charge is 0.0494 e. The van der Waals surface area contributed by atoms with Crippen LogP contribution in [0.5, 0.6) is 0 Å². The third-order valence-corrected chi connectivity index (χ3v) is 3.98. The summed E-state index contributed by atoms with van der Waals surface area (Å²) in [5, 5.41) is 0.786. The van der Waals surface area contributed by atoms with Crippen LogP contribution in [-0.2, 0) is 5.88 Å². The van der Waals surface area contributed by atoms with Crippen LogP contribution >= 0.6 is 23.2 Å². The number of rotatable bonds is 4. The zero-order valence-electron chi connectivity index (χ0n) is 11.0. The van der Waals surface area contributed by atoms with Gasteiger partial charge in [-0.2, -0.15) is 0 Å². The lowest BCUT2D eigenvalue weighted by molar-refractivity contribution is 0.372. The summed E-state index contributed by atoms with van der Waals surface area (Å²) in [6.45, 7) is 2.18. The van der Waals surface area contributed by atoms with E-state index in [1.54, 1.807) is 0 Å². The highest BCUT2D eigenvalue weighted by molar-refractivity contribution is 6.31. The van der Waals surface area contributed by atoms with Crippen LogP contribution in [0, 0.1) is 0 Å². The van der Waals surface area contributed by atoms with Gasteiger partial charge >= 0.3 is 0 Å². The molecule has 0 amide bonds. The number of halogens is 2. The van der Waals surface area contributed by atoms with Crippen LogP contribution in [0.4, 0.5) is 5.69 Å². The summed E-state index contributed by atoms with van der Waals surface area (Å²) < 4.78 is 0. The molecule has 1 aromatic carbocycles. The molecule has 0 radical (unpaired) electrons. The van der Waals surface area contributed by atoms with Crippen LogP contribution in [-0.4, -0.2) is 38.1 Å². The molecule has 4 heteroatoms. The fourth-order valence-electron chi connectivity index (χ4n) is 2.68. The molecule has 1 fully saturated rings. The highest BCUT2D eigenvalue weighted by Crippen LogP contribution is 2.32. The third kappa shape index (κ3) is 3.11. The average Bonchev–Trinajstić information content (AvgIpc) is 2.76. The minimum Gasteiger partial charge on any atom is -0.367 e. The van der Waals surface area contributed by atoms with Crippen molar-refractivity contribution in [1.29, 1.82) is 0 Å². The standard InChI is InChI=1S/C14H20Cl2N2/c1-17(2)10-13-4-3-7-18(13)14-8-12(16)6-5-11(14)9-15/h5-6,8,13H,3-4,7,9-10H2,1-2H3. The lowest BCUT2D eigenvalue weighted by Gasteiger charge is -2.30. The summed E-state index contributed by atoms with van der Waals surface area (Å²) in [7, 11) is 4.24. The van der Waals surface area contributed by atoms with Gasteiger partial charge in [0.1, 0.15) is 0 Å². The maximum Gasteiger partial charge on any atom is 0.0494 e. The topological polar surface area (TPSA) is 6.48 Å². The Balaban J connectivity index is 2.26. The summed E-state index contributed by atoms with van der Waals surface area (Å²) in [5.41, 5.74) is 2.38. The fraction of sp³-hybridized carbons (Fsp3) is 0.571. The SMILES string of the molecule is CN(C)CC1CCCN1c1cc(Cl)ccc1CCl. The average molecular weight is 287 g/mol. The van der Waals surface area contributed by atoms with Crippen molar-refractivity contribution in [2.24, 2.45) is 0 Å². The van der Waals surface area contributed by atoms with Crippen molar-refractivity contribution in [3.63, 3.8) is 0 Å². The fourth-order valence-corrected chi connectivity index (χ4v) is 3.07. The summed E-state index contributed by atoms with van der Waals surface area (Å²) in [5.74, 6) is 0.539. The van der Waals surface area contributed by atoms with E-state index in [0.29, 0.717) is 11.9 Å². The van der Waals surface area contributed by atoms with Crippen molar-refractivity contribution >= 4 is 28.9 Å². The molecule has 1 aliphatic rings. The number of hydrogen-bond acceptors (Lipinski definition) is 2. The zero-order chi connectivity index (χ0) is 13.1. The Morgan fingerprint density at radius 2 is 2.17 bits per heavy atom. The third-order valence-electron chi connectivity index (χ3n) is 3.45. The van der Waals surface area contributed by atoms with Gasteiger partial charge in [0.15, 0.2) is 0 Å². The Bertz CT molecular complexity index is 407. The first kappa shape index (κ1) is 14.0. The Hall–Kier alpha value is -0.440. The molecule has 18 heavy (non-hydrogen) atoms. The van der Waals surface area contributed by atoms with Gasteiger partial charge in [0.25, 0.3) is 0 Å². The molecule has 1 atom stereocenters. The number of anilines is 1. The summed E-state index contributed by atoms with van der Waals surface area (Å²) in [6.07, 6.45) is 2.49. The van der Waals surface area contributed by atoms with Gasteiger partial charge in [0, 0.05) is 35.7 Å². The van der Waals surface area contributed by atoms with Gasteiger partial charge in [-0.25, -0.2) is 0 Å². The van der Waals surface area contributed by atoms with Crippen LogP contribution in [0.15, 0.2) is 18.2 Å². The normalized spacial score (nSPS) is 19.8. The van der Waals surface area contributed by atoms with E-state index < -0.39 is 0 Å². The van der Waals surface area contributed by atoms with E-state index in [0.717, 1.165) is 18.1 Å². The van der Waals surface area contributed by atoms with Gasteiger partial charge < -0.3 is 9.80 Å². The number of likely N-dealkylation sites (N-methyl/N-ethyl adjacent to an activating group) is 1. The molecule has 1 aliphatic heterocycles. The first-order chi connectivity index (χ1) is 8.61. The Morgan fingerprint density at radius 1 is 1.39 bits per heavy atom. The predicted molar refractivity (Wildman–Crippen MR) is 79.9 cm³/mol. The number of alkyl halides is 1. The van der Waals surface area contributed by atoms with Gasteiger partial charge in [0.2, 0.25) is 0 Å². The molecule has 1 heterocycles. The van der Waals surface area contributed by atoms with E-state index in [2.05, 4.69) is 23.9 Å². The van der Waals surface area contributed by atoms with Crippen LogP contribution in [0.1, 0.15) is 18.4 Å². The molecule has 0 aliphatic carbocycles. The van der Waals surface area contributed by atoms with E-state index in [1.807, 2.05) is 18.2 Å². The number of hydrogen-bond donors (Lipinski definition) is 0. The van der Waals surface area contributed by atoms with E-state index in [1.165, 1.54) is 24.1 Å². The lowest BCUT2D eigenvalue weighted by atomic mass is 10.1. The first-order valence-electron chi connectivity index (χ1n) is 6.37.